The molecule has 1 aromatic heterocycles. The van der Waals surface area contributed by atoms with Crippen LogP contribution >= 0.6 is 0 Å². The van der Waals surface area contributed by atoms with E-state index in [0.29, 0.717) is 18.4 Å². The van der Waals surface area contributed by atoms with Crippen molar-refractivity contribution in [1.29, 1.82) is 0 Å². The van der Waals surface area contributed by atoms with Gasteiger partial charge in [0.1, 0.15) is 11.8 Å². The van der Waals surface area contributed by atoms with Crippen LogP contribution in [0.25, 0.3) is 0 Å². The Morgan fingerprint density at radius 2 is 1.78 bits per heavy atom. The van der Waals surface area contributed by atoms with Gasteiger partial charge in [-0.05, 0) is 85.5 Å². The SMILES string of the molecule is C/C(=C\Cc1cc([N+](=O)[O-])n(C(=O)OC(C)(C)C)c1)CC/C=C(\C)CC[C@@H](O)C(C)(C)O. The number of hydrogen-bond acceptors (Lipinski definition) is 6. The van der Waals surface area contributed by atoms with Crippen LogP contribution in [-0.4, -0.2) is 43.1 Å². The van der Waals surface area contributed by atoms with E-state index in [1.54, 1.807) is 34.6 Å². The zero-order valence-corrected chi connectivity index (χ0v) is 20.3. The largest absolute Gasteiger partial charge is 0.512 e. The molecular weight excluding hydrogens is 412 g/mol. The molecule has 0 saturated carbocycles. The van der Waals surface area contributed by atoms with Crippen molar-refractivity contribution in [3.05, 3.63) is 51.2 Å². The van der Waals surface area contributed by atoms with Crippen molar-refractivity contribution in [3.8, 4) is 0 Å². The van der Waals surface area contributed by atoms with Crippen LogP contribution in [0.15, 0.2) is 35.6 Å². The van der Waals surface area contributed by atoms with Crippen LogP contribution in [0.3, 0.4) is 0 Å². The second kappa shape index (κ2) is 11.4. The standard InChI is InChI=1S/C24H38N2O6/c1-17(9-8-10-18(2)12-14-20(27)24(6,7)29)11-13-19-15-21(26(30)31)25(16-19)22(28)32-23(3,4)5/h10-11,15-16,20,27,29H,8-9,12-14H2,1-7H3/b17-11+,18-10+/t20-/m1/s1. The summed E-state index contributed by atoms with van der Waals surface area (Å²) in [5, 5.41) is 31.0. The Balaban J connectivity index is 2.68. The molecule has 1 atom stereocenters. The molecule has 0 amide bonds. The second-order valence-electron chi connectivity index (χ2n) is 9.87. The molecule has 180 valence electrons. The lowest BCUT2D eigenvalue weighted by molar-refractivity contribution is -0.390. The van der Waals surface area contributed by atoms with Crippen molar-refractivity contribution in [1.82, 2.24) is 4.57 Å². The van der Waals surface area contributed by atoms with Crippen molar-refractivity contribution in [2.75, 3.05) is 0 Å². The molecule has 0 aromatic carbocycles. The monoisotopic (exact) mass is 450 g/mol. The fraction of sp³-hybridized carbons (Fsp3) is 0.625. The van der Waals surface area contributed by atoms with E-state index in [1.807, 2.05) is 19.9 Å². The first kappa shape index (κ1) is 27.6. The summed E-state index contributed by atoms with van der Waals surface area (Å²) in [5.74, 6) is -0.313. The number of aliphatic hydroxyl groups excluding tert-OH is 1. The minimum Gasteiger partial charge on any atom is -0.425 e. The summed E-state index contributed by atoms with van der Waals surface area (Å²) >= 11 is 0. The highest BCUT2D eigenvalue weighted by atomic mass is 16.6. The van der Waals surface area contributed by atoms with Crippen LogP contribution in [0.1, 0.15) is 79.7 Å². The zero-order valence-electron chi connectivity index (χ0n) is 20.3. The van der Waals surface area contributed by atoms with Gasteiger partial charge in [-0.25, -0.2) is 0 Å². The minimum absolute atomic E-state index is 0.313. The number of aromatic nitrogens is 1. The van der Waals surface area contributed by atoms with E-state index in [-0.39, 0.29) is 5.82 Å². The highest BCUT2D eigenvalue weighted by Gasteiger charge is 2.27. The summed E-state index contributed by atoms with van der Waals surface area (Å²) in [6, 6.07) is 1.39. The van der Waals surface area contributed by atoms with E-state index < -0.39 is 28.3 Å². The number of allylic oxidation sites excluding steroid dienone is 4. The first-order valence-corrected chi connectivity index (χ1v) is 10.9. The van der Waals surface area contributed by atoms with Gasteiger partial charge in [0.25, 0.3) is 0 Å². The van der Waals surface area contributed by atoms with Gasteiger partial charge in [-0.3, -0.25) is 0 Å². The lowest BCUT2D eigenvalue weighted by Crippen LogP contribution is -2.35. The van der Waals surface area contributed by atoms with Crippen LogP contribution < -0.4 is 0 Å². The third kappa shape index (κ3) is 9.78. The Morgan fingerprint density at radius 3 is 2.31 bits per heavy atom. The minimum atomic E-state index is -1.10. The molecule has 0 saturated heterocycles. The predicted octanol–water partition coefficient (Wildman–Crippen LogP) is 5.31. The molecule has 0 radical (unpaired) electrons. The number of carbonyl (C=O) groups is 1. The molecule has 1 rings (SSSR count). The van der Waals surface area contributed by atoms with Crippen LogP contribution in [0.4, 0.5) is 10.6 Å². The summed E-state index contributed by atoms with van der Waals surface area (Å²) in [4.78, 5) is 23.0. The summed E-state index contributed by atoms with van der Waals surface area (Å²) in [6.07, 6.45) is 7.42. The molecule has 8 heteroatoms. The smallest absolute Gasteiger partial charge is 0.425 e. The lowest BCUT2D eigenvalue weighted by atomic mass is 9.95. The molecule has 0 aliphatic heterocycles. The van der Waals surface area contributed by atoms with E-state index >= 15 is 0 Å². The molecule has 0 fully saturated rings. The molecular formula is C24H38N2O6. The van der Waals surface area contributed by atoms with Crippen LogP contribution in [0.2, 0.25) is 0 Å². The Morgan fingerprint density at radius 1 is 1.19 bits per heavy atom. The van der Waals surface area contributed by atoms with Gasteiger partial charge in [-0.2, -0.15) is 4.79 Å². The summed E-state index contributed by atoms with van der Waals surface area (Å²) in [6.45, 7) is 12.3. The first-order chi connectivity index (χ1) is 14.6. The Labute approximate surface area is 190 Å². The molecule has 1 aromatic rings. The van der Waals surface area contributed by atoms with Gasteiger partial charge in [0.05, 0.1) is 11.7 Å². The molecule has 0 aliphatic carbocycles. The van der Waals surface area contributed by atoms with E-state index in [0.717, 1.165) is 35.0 Å². The van der Waals surface area contributed by atoms with Crippen molar-refractivity contribution in [2.45, 2.75) is 97.9 Å². The van der Waals surface area contributed by atoms with Crippen molar-refractivity contribution in [3.63, 3.8) is 0 Å². The number of carbonyl (C=O) groups excluding carboxylic acids is 1. The van der Waals surface area contributed by atoms with E-state index in [1.165, 1.54) is 12.3 Å². The molecule has 1 heterocycles. The van der Waals surface area contributed by atoms with Gasteiger partial charge in [-0.15, -0.1) is 4.57 Å². The third-order valence-electron chi connectivity index (χ3n) is 4.98. The average molecular weight is 451 g/mol. The molecule has 8 nitrogen and oxygen atoms in total. The summed E-state index contributed by atoms with van der Waals surface area (Å²) in [7, 11) is 0. The lowest BCUT2D eigenvalue weighted by Gasteiger charge is -2.24. The predicted molar refractivity (Wildman–Crippen MR) is 125 cm³/mol. The van der Waals surface area contributed by atoms with Crippen molar-refractivity contribution in [2.24, 2.45) is 0 Å². The number of rotatable bonds is 10. The van der Waals surface area contributed by atoms with Crippen molar-refractivity contribution < 1.29 is 24.7 Å². The number of ether oxygens (including phenoxy) is 1. The number of hydrogen-bond donors (Lipinski definition) is 2. The molecule has 0 spiro atoms. The summed E-state index contributed by atoms with van der Waals surface area (Å²) in [5.41, 5.74) is 1.11. The van der Waals surface area contributed by atoms with Crippen LogP contribution in [0.5, 0.6) is 0 Å². The Bertz CT molecular complexity index is 853. The maximum atomic E-state index is 12.3. The molecule has 0 unspecified atom stereocenters. The van der Waals surface area contributed by atoms with Gasteiger partial charge in [0, 0.05) is 11.6 Å². The number of nitro groups is 1. The van der Waals surface area contributed by atoms with E-state index in [4.69, 9.17) is 4.74 Å². The third-order valence-corrected chi connectivity index (χ3v) is 4.98. The van der Waals surface area contributed by atoms with Crippen LogP contribution in [0, 0.1) is 10.1 Å². The fourth-order valence-electron chi connectivity index (χ4n) is 2.97. The van der Waals surface area contributed by atoms with Gasteiger partial charge in [-0.1, -0.05) is 23.3 Å². The van der Waals surface area contributed by atoms with E-state index in [2.05, 4.69) is 6.08 Å². The fourth-order valence-corrected chi connectivity index (χ4v) is 2.97. The molecule has 32 heavy (non-hydrogen) atoms. The topological polar surface area (TPSA) is 115 Å². The Kier molecular flexibility index (Phi) is 9.85. The molecule has 0 bridgehead atoms. The molecule has 0 aliphatic rings. The van der Waals surface area contributed by atoms with Gasteiger partial charge >= 0.3 is 11.9 Å². The number of aliphatic hydroxyl groups is 2. The number of nitrogens with zero attached hydrogens (tertiary/aromatic N) is 2. The van der Waals surface area contributed by atoms with E-state index in [9.17, 15) is 25.1 Å². The maximum Gasteiger partial charge on any atom is 0.512 e. The van der Waals surface area contributed by atoms with Crippen molar-refractivity contribution >= 4 is 11.9 Å². The van der Waals surface area contributed by atoms with Crippen LogP contribution in [-0.2, 0) is 11.2 Å². The van der Waals surface area contributed by atoms with Gasteiger partial charge in [0.15, 0.2) is 0 Å². The van der Waals surface area contributed by atoms with Gasteiger partial charge < -0.3 is 25.1 Å². The summed E-state index contributed by atoms with van der Waals surface area (Å²) < 4.78 is 6.19. The highest BCUT2D eigenvalue weighted by molar-refractivity contribution is 5.74. The Hall–Kier alpha value is -2.45. The second-order valence-corrected chi connectivity index (χ2v) is 9.87. The van der Waals surface area contributed by atoms with Gasteiger partial charge in [0.2, 0.25) is 0 Å². The highest BCUT2D eigenvalue weighted by Crippen LogP contribution is 2.21. The normalized spacial score (nSPS) is 14.4. The zero-order chi connectivity index (χ0) is 24.7. The average Bonchev–Trinajstić information content (AvgIpc) is 3.07. The molecule has 2 N–H and O–H groups in total. The quantitative estimate of drug-likeness (QED) is 0.284. The first-order valence-electron chi connectivity index (χ1n) is 10.9. The maximum absolute atomic E-state index is 12.3.